The fraction of sp³-hybridized carbons (Fsp3) is 0.632. The first-order chi connectivity index (χ1) is 11.4. The van der Waals surface area contributed by atoms with Crippen LogP contribution in [0.2, 0.25) is 0 Å². The van der Waals surface area contributed by atoms with Crippen LogP contribution < -0.4 is 0 Å². The number of hydrogen-bond donors (Lipinski definition) is 0. The molecule has 0 bridgehead atoms. The number of alkyl halides is 3. The lowest BCUT2D eigenvalue weighted by atomic mass is 9.86. The second-order valence-corrected chi connectivity index (χ2v) is 7.12. The van der Waals surface area contributed by atoms with Gasteiger partial charge in [-0.1, -0.05) is 37.5 Å². The van der Waals surface area contributed by atoms with Gasteiger partial charge in [0.2, 0.25) is 5.91 Å². The highest BCUT2D eigenvalue weighted by atomic mass is 19.4. The zero-order valence-corrected chi connectivity index (χ0v) is 13.8. The lowest BCUT2D eigenvalue weighted by Crippen LogP contribution is -2.34. The topological polar surface area (TPSA) is 20.3 Å². The fourth-order valence-corrected chi connectivity index (χ4v) is 3.68. The average Bonchev–Trinajstić information content (AvgIpc) is 3.37. The van der Waals surface area contributed by atoms with E-state index in [1.165, 1.54) is 18.6 Å². The monoisotopic (exact) mass is 339 g/mol. The number of carbonyl (C=O) groups is 1. The normalized spacial score (nSPS) is 19.3. The van der Waals surface area contributed by atoms with E-state index in [-0.39, 0.29) is 24.1 Å². The van der Waals surface area contributed by atoms with Crippen LogP contribution in [0.5, 0.6) is 0 Å². The molecule has 0 heterocycles. The van der Waals surface area contributed by atoms with E-state index in [1.807, 2.05) is 0 Å². The van der Waals surface area contributed by atoms with Gasteiger partial charge in [0.15, 0.2) is 0 Å². The summed E-state index contributed by atoms with van der Waals surface area (Å²) in [5, 5.41) is 0. The molecular formula is C19H24F3NO. The van der Waals surface area contributed by atoms with Crippen molar-refractivity contribution in [2.24, 2.45) is 5.92 Å². The summed E-state index contributed by atoms with van der Waals surface area (Å²) in [4.78, 5) is 14.4. The predicted molar refractivity (Wildman–Crippen MR) is 86.2 cm³/mol. The molecule has 132 valence electrons. The Morgan fingerprint density at radius 1 is 1.04 bits per heavy atom. The van der Waals surface area contributed by atoms with Crippen molar-refractivity contribution in [1.29, 1.82) is 0 Å². The van der Waals surface area contributed by atoms with E-state index >= 15 is 0 Å². The van der Waals surface area contributed by atoms with Crippen LogP contribution in [0, 0.1) is 5.92 Å². The van der Waals surface area contributed by atoms with Crippen LogP contribution in [-0.2, 0) is 17.5 Å². The maximum Gasteiger partial charge on any atom is 0.416 e. The standard InChI is InChI=1S/C19H24F3NO/c20-19(21,22)17-9-5-4-8-15(17)13-23(16-10-11-16)18(24)12-14-6-2-1-3-7-14/h4-5,8-9,14,16H,1-3,6-7,10-13H2. The van der Waals surface area contributed by atoms with Gasteiger partial charge in [-0.25, -0.2) is 0 Å². The van der Waals surface area contributed by atoms with Gasteiger partial charge in [-0.2, -0.15) is 13.2 Å². The molecule has 2 saturated carbocycles. The SMILES string of the molecule is O=C(CC1CCCCC1)N(Cc1ccccc1C(F)(F)F)C1CC1. The summed E-state index contributed by atoms with van der Waals surface area (Å²) in [7, 11) is 0. The van der Waals surface area contributed by atoms with Gasteiger partial charge in [-0.15, -0.1) is 0 Å². The van der Waals surface area contributed by atoms with E-state index in [0.29, 0.717) is 12.3 Å². The summed E-state index contributed by atoms with van der Waals surface area (Å²) >= 11 is 0. The van der Waals surface area contributed by atoms with Gasteiger partial charge in [-0.3, -0.25) is 4.79 Å². The molecule has 0 unspecified atom stereocenters. The van der Waals surface area contributed by atoms with Crippen LogP contribution in [0.4, 0.5) is 13.2 Å². The van der Waals surface area contributed by atoms with Crippen molar-refractivity contribution in [3.63, 3.8) is 0 Å². The molecule has 24 heavy (non-hydrogen) atoms. The summed E-state index contributed by atoms with van der Waals surface area (Å²) in [6.45, 7) is 0.0753. The number of halogens is 3. The second kappa shape index (κ2) is 7.16. The van der Waals surface area contributed by atoms with Crippen LogP contribution in [-0.4, -0.2) is 16.8 Å². The molecule has 0 N–H and O–H groups in total. The van der Waals surface area contributed by atoms with Crippen molar-refractivity contribution in [2.75, 3.05) is 0 Å². The quantitative estimate of drug-likeness (QED) is 0.725. The molecule has 3 rings (SSSR count). The number of amides is 1. The van der Waals surface area contributed by atoms with Gasteiger partial charge in [0.1, 0.15) is 0 Å². The Balaban J connectivity index is 1.72. The van der Waals surface area contributed by atoms with Crippen molar-refractivity contribution < 1.29 is 18.0 Å². The minimum atomic E-state index is -4.38. The summed E-state index contributed by atoms with van der Waals surface area (Å²) < 4.78 is 39.6. The molecule has 0 atom stereocenters. The third kappa shape index (κ3) is 4.31. The Labute approximate surface area is 141 Å². The van der Waals surface area contributed by atoms with E-state index in [4.69, 9.17) is 0 Å². The molecule has 1 aromatic rings. The molecule has 0 aliphatic heterocycles. The summed E-state index contributed by atoms with van der Waals surface area (Å²) in [6, 6.07) is 5.74. The molecule has 0 aromatic heterocycles. The zero-order valence-electron chi connectivity index (χ0n) is 13.8. The molecule has 0 spiro atoms. The highest BCUT2D eigenvalue weighted by molar-refractivity contribution is 5.77. The van der Waals surface area contributed by atoms with Gasteiger partial charge < -0.3 is 4.90 Å². The molecule has 0 saturated heterocycles. The third-order valence-electron chi connectivity index (χ3n) is 5.16. The van der Waals surface area contributed by atoms with Gasteiger partial charge in [-0.05, 0) is 43.2 Å². The molecule has 2 aliphatic carbocycles. The van der Waals surface area contributed by atoms with E-state index < -0.39 is 11.7 Å². The highest BCUT2D eigenvalue weighted by Crippen LogP contribution is 2.36. The Morgan fingerprint density at radius 2 is 1.71 bits per heavy atom. The molecule has 2 nitrogen and oxygen atoms in total. The predicted octanol–water partition coefficient (Wildman–Crippen LogP) is 5.17. The average molecular weight is 339 g/mol. The molecule has 1 aromatic carbocycles. The minimum absolute atomic E-state index is 0.0291. The number of carbonyl (C=O) groups excluding carboxylic acids is 1. The fourth-order valence-electron chi connectivity index (χ4n) is 3.68. The van der Waals surface area contributed by atoms with Crippen molar-refractivity contribution in [2.45, 2.75) is 70.1 Å². The van der Waals surface area contributed by atoms with Crippen LogP contribution in [0.25, 0.3) is 0 Å². The molecule has 5 heteroatoms. The maximum atomic E-state index is 13.2. The smallest absolute Gasteiger partial charge is 0.335 e. The first-order valence-corrected chi connectivity index (χ1v) is 8.89. The molecule has 2 aliphatic rings. The number of rotatable bonds is 5. The first-order valence-electron chi connectivity index (χ1n) is 8.89. The number of nitrogens with zero attached hydrogens (tertiary/aromatic N) is 1. The maximum absolute atomic E-state index is 13.2. The van der Waals surface area contributed by atoms with Crippen molar-refractivity contribution in [3.05, 3.63) is 35.4 Å². The van der Waals surface area contributed by atoms with Crippen molar-refractivity contribution >= 4 is 5.91 Å². The second-order valence-electron chi connectivity index (χ2n) is 7.12. The van der Waals surface area contributed by atoms with Gasteiger partial charge in [0.25, 0.3) is 0 Å². The third-order valence-corrected chi connectivity index (χ3v) is 5.16. The van der Waals surface area contributed by atoms with E-state index in [1.54, 1.807) is 11.0 Å². The number of hydrogen-bond acceptors (Lipinski definition) is 1. The largest absolute Gasteiger partial charge is 0.416 e. The van der Waals surface area contributed by atoms with Gasteiger partial charge in [0, 0.05) is 19.0 Å². The molecule has 1 amide bonds. The Kier molecular flexibility index (Phi) is 5.16. The van der Waals surface area contributed by atoms with Crippen LogP contribution in [0.1, 0.15) is 62.5 Å². The van der Waals surface area contributed by atoms with Gasteiger partial charge in [0.05, 0.1) is 5.56 Å². The summed E-state index contributed by atoms with van der Waals surface area (Å²) in [6.07, 6.45) is 3.64. The van der Waals surface area contributed by atoms with Crippen LogP contribution >= 0.6 is 0 Å². The minimum Gasteiger partial charge on any atom is -0.335 e. The zero-order chi connectivity index (χ0) is 17.2. The summed E-state index contributed by atoms with van der Waals surface area (Å²) in [5.74, 6) is 0.437. The molecule has 0 radical (unpaired) electrons. The Hall–Kier alpha value is -1.52. The Bertz CT molecular complexity index is 574. The lowest BCUT2D eigenvalue weighted by Gasteiger charge is -2.28. The number of benzene rings is 1. The van der Waals surface area contributed by atoms with Crippen LogP contribution in [0.15, 0.2) is 24.3 Å². The molecule has 2 fully saturated rings. The van der Waals surface area contributed by atoms with E-state index in [9.17, 15) is 18.0 Å². The lowest BCUT2D eigenvalue weighted by molar-refractivity contribution is -0.140. The van der Waals surface area contributed by atoms with E-state index in [0.717, 1.165) is 44.6 Å². The van der Waals surface area contributed by atoms with Crippen LogP contribution in [0.3, 0.4) is 0 Å². The van der Waals surface area contributed by atoms with Crippen molar-refractivity contribution in [1.82, 2.24) is 4.90 Å². The highest BCUT2D eigenvalue weighted by Gasteiger charge is 2.37. The summed E-state index contributed by atoms with van der Waals surface area (Å²) in [5.41, 5.74) is -0.421. The first kappa shape index (κ1) is 17.3. The molecular weight excluding hydrogens is 315 g/mol. The van der Waals surface area contributed by atoms with Gasteiger partial charge >= 0.3 is 6.18 Å². The van der Waals surface area contributed by atoms with Crippen molar-refractivity contribution in [3.8, 4) is 0 Å². The van der Waals surface area contributed by atoms with E-state index in [2.05, 4.69) is 0 Å². The Morgan fingerprint density at radius 3 is 2.33 bits per heavy atom.